The van der Waals surface area contributed by atoms with Crippen molar-refractivity contribution in [3.63, 3.8) is 0 Å². The number of piperidine rings is 1. The Balaban J connectivity index is 1.58. The van der Waals surface area contributed by atoms with Gasteiger partial charge in [-0.1, -0.05) is 24.3 Å². The van der Waals surface area contributed by atoms with Gasteiger partial charge in [-0.15, -0.1) is 6.58 Å². The third kappa shape index (κ3) is 3.12. The van der Waals surface area contributed by atoms with Gasteiger partial charge in [-0.25, -0.2) is 8.42 Å². The maximum absolute atomic E-state index is 12.3. The molecule has 2 fully saturated rings. The molecular formula is C17H23NO3S. The van der Waals surface area contributed by atoms with E-state index in [0.29, 0.717) is 23.3 Å². The van der Waals surface area contributed by atoms with Crippen molar-refractivity contribution < 1.29 is 13.3 Å². The van der Waals surface area contributed by atoms with Gasteiger partial charge < -0.3 is 0 Å². The molecule has 2 saturated heterocycles. The van der Waals surface area contributed by atoms with Crippen LogP contribution >= 0.6 is 0 Å². The van der Waals surface area contributed by atoms with Crippen LogP contribution in [0.2, 0.25) is 0 Å². The van der Waals surface area contributed by atoms with Crippen molar-refractivity contribution in [2.24, 2.45) is 5.92 Å². The van der Waals surface area contributed by atoms with Gasteiger partial charge in [0.25, 0.3) is 0 Å². The van der Waals surface area contributed by atoms with Gasteiger partial charge >= 0.3 is 0 Å². The van der Waals surface area contributed by atoms with Gasteiger partial charge in [-0.3, -0.25) is 4.84 Å². The first kappa shape index (κ1) is 15.7. The number of hydrogen-bond donors (Lipinski definition) is 0. The molecule has 2 aliphatic rings. The average molecular weight is 321 g/mol. The molecular weight excluding hydrogens is 298 g/mol. The molecule has 1 aromatic carbocycles. The largest absolute Gasteiger partial charge is 0.291 e. The Labute approximate surface area is 132 Å². The van der Waals surface area contributed by atoms with Crippen molar-refractivity contribution in [2.45, 2.75) is 42.7 Å². The number of nitrogens with zero attached hydrogens (tertiary/aromatic N) is 1. The lowest BCUT2D eigenvalue weighted by Crippen LogP contribution is -2.37. The molecule has 4 atom stereocenters. The Morgan fingerprint density at radius 3 is 2.82 bits per heavy atom. The molecule has 0 N–H and O–H groups in total. The molecule has 5 heteroatoms. The molecule has 0 aromatic heterocycles. The predicted molar refractivity (Wildman–Crippen MR) is 86.0 cm³/mol. The Hall–Kier alpha value is -1.17. The SMILES string of the molecule is C=C[C@@H]1ON2CCC[C@@H]1[C@H]2CCCS(=O)(=O)c1ccccc1. The third-order valence-corrected chi connectivity index (χ3v) is 6.52. The highest BCUT2D eigenvalue weighted by atomic mass is 32.2. The number of benzene rings is 1. The van der Waals surface area contributed by atoms with E-state index in [4.69, 9.17) is 4.84 Å². The van der Waals surface area contributed by atoms with E-state index < -0.39 is 9.84 Å². The van der Waals surface area contributed by atoms with Crippen LogP contribution in [0, 0.1) is 5.92 Å². The summed E-state index contributed by atoms with van der Waals surface area (Å²) in [6.45, 7) is 4.79. The molecule has 0 radical (unpaired) electrons. The minimum Gasteiger partial charge on any atom is -0.291 e. The fraction of sp³-hybridized carbons (Fsp3) is 0.529. The van der Waals surface area contributed by atoms with Crippen LogP contribution in [0.5, 0.6) is 0 Å². The van der Waals surface area contributed by atoms with E-state index in [9.17, 15) is 8.42 Å². The smallest absolute Gasteiger partial charge is 0.178 e. The van der Waals surface area contributed by atoms with E-state index in [1.807, 2.05) is 12.1 Å². The quantitative estimate of drug-likeness (QED) is 0.756. The maximum atomic E-state index is 12.3. The summed E-state index contributed by atoms with van der Waals surface area (Å²) >= 11 is 0. The van der Waals surface area contributed by atoms with Gasteiger partial charge in [0.2, 0.25) is 0 Å². The van der Waals surface area contributed by atoms with Crippen LogP contribution in [0.15, 0.2) is 47.9 Å². The Morgan fingerprint density at radius 2 is 2.09 bits per heavy atom. The van der Waals surface area contributed by atoms with Crippen molar-refractivity contribution in [3.8, 4) is 0 Å². The lowest BCUT2D eigenvalue weighted by molar-refractivity contribution is -0.151. The molecule has 2 heterocycles. The highest BCUT2D eigenvalue weighted by Gasteiger charge is 2.43. The zero-order chi connectivity index (χ0) is 15.6. The van der Waals surface area contributed by atoms with Gasteiger partial charge in [-0.05, 0) is 37.8 Å². The topological polar surface area (TPSA) is 46.6 Å². The zero-order valence-corrected chi connectivity index (χ0v) is 13.5. The zero-order valence-electron chi connectivity index (χ0n) is 12.7. The normalized spacial score (nSPS) is 31.1. The molecule has 22 heavy (non-hydrogen) atoms. The van der Waals surface area contributed by atoms with Crippen molar-refractivity contribution in [1.82, 2.24) is 5.06 Å². The van der Waals surface area contributed by atoms with Gasteiger partial charge in [0, 0.05) is 18.5 Å². The maximum Gasteiger partial charge on any atom is 0.178 e. The van der Waals surface area contributed by atoms with E-state index in [1.165, 1.54) is 0 Å². The Bertz CT molecular complexity index is 614. The molecule has 0 amide bonds. The van der Waals surface area contributed by atoms with E-state index >= 15 is 0 Å². The summed E-state index contributed by atoms with van der Waals surface area (Å²) in [6.07, 6.45) is 5.79. The molecule has 3 rings (SSSR count). The first-order chi connectivity index (χ1) is 10.6. The average Bonchev–Trinajstić information content (AvgIpc) is 2.72. The summed E-state index contributed by atoms with van der Waals surface area (Å²) in [5.74, 6) is 0.665. The predicted octanol–water partition coefficient (Wildman–Crippen LogP) is 2.82. The minimum atomic E-state index is -3.17. The van der Waals surface area contributed by atoms with Crippen LogP contribution < -0.4 is 0 Å². The van der Waals surface area contributed by atoms with Crippen molar-refractivity contribution in [2.75, 3.05) is 12.3 Å². The highest BCUT2D eigenvalue weighted by Crippen LogP contribution is 2.38. The fourth-order valence-corrected chi connectivity index (χ4v) is 4.96. The van der Waals surface area contributed by atoms with Crippen LogP contribution in [0.1, 0.15) is 25.7 Å². The second-order valence-corrected chi connectivity index (χ2v) is 8.20. The van der Waals surface area contributed by atoms with Crippen molar-refractivity contribution >= 4 is 9.84 Å². The summed E-state index contributed by atoms with van der Waals surface area (Å²) in [6, 6.07) is 9.03. The van der Waals surface area contributed by atoms with Crippen LogP contribution in [-0.2, 0) is 14.7 Å². The summed E-state index contributed by atoms with van der Waals surface area (Å²) in [5.41, 5.74) is 0. The summed E-state index contributed by atoms with van der Waals surface area (Å²) < 4.78 is 24.6. The lowest BCUT2D eigenvalue weighted by Gasteiger charge is -2.30. The number of sulfone groups is 1. The molecule has 4 nitrogen and oxygen atoms in total. The second kappa shape index (κ2) is 6.52. The van der Waals surface area contributed by atoms with Crippen molar-refractivity contribution in [1.29, 1.82) is 0 Å². The van der Waals surface area contributed by atoms with Crippen LogP contribution in [0.3, 0.4) is 0 Å². The van der Waals surface area contributed by atoms with Gasteiger partial charge in [0.05, 0.1) is 10.6 Å². The van der Waals surface area contributed by atoms with Crippen LogP contribution in [0.25, 0.3) is 0 Å². The fourth-order valence-electron chi connectivity index (χ4n) is 3.61. The highest BCUT2D eigenvalue weighted by molar-refractivity contribution is 7.91. The number of hydrogen-bond acceptors (Lipinski definition) is 4. The lowest BCUT2D eigenvalue weighted by atomic mass is 9.85. The molecule has 1 aromatic rings. The van der Waals surface area contributed by atoms with Crippen molar-refractivity contribution in [3.05, 3.63) is 43.0 Å². The van der Waals surface area contributed by atoms with E-state index in [-0.39, 0.29) is 11.9 Å². The Morgan fingerprint density at radius 1 is 1.32 bits per heavy atom. The van der Waals surface area contributed by atoms with Gasteiger partial charge in [-0.2, -0.15) is 5.06 Å². The van der Waals surface area contributed by atoms with E-state index in [1.54, 1.807) is 24.3 Å². The van der Waals surface area contributed by atoms with Crippen LogP contribution in [-0.4, -0.2) is 37.9 Å². The summed E-state index contributed by atoms with van der Waals surface area (Å²) in [5, 5.41) is 2.05. The first-order valence-electron chi connectivity index (χ1n) is 7.95. The molecule has 2 aliphatic heterocycles. The van der Waals surface area contributed by atoms with Crippen LogP contribution in [0.4, 0.5) is 0 Å². The number of fused-ring (bicyclic) bond motifs is 2. The molecule has 0 saturated carbocycles. The molecule has 1 unspecified atom stereocenters. The van der Waals surface area contributed by atoms with Gasteiger partial charge in [0.15, 0.2) is 9.84 Å². The summed E-state index contributed by atoms with van der Waals surface area (Å²) in [7, 11) is -3.17. The second-order valence-electron chi connectivity index (χ2n) is 6.09. The monoisotopic (exact) mass is 321 g/mol. The third-order valence-electron chi connectivity index (χ3n) is 4.71. The molecule has 120 valence electrons. The minimum absolute atomic E-state index is 0.0956. The number of rotatable bonds is 6. The Kier molecular flexibility index (Phi) is 4.66. The first-order valence-corrected chi connectivity index (χ1v) is 9.61. The van der Waals surface area contributed by atoms with E-state index in [2.05, 4.69) is 11.6 Å². The molecule has 0 spiro atoms. The molecule has 0 aliphatic carbocycles. The number of hydroxylamine groups is 2. The standard InChI is InChI=1S/C17H23NO3S/c1-2-17-15-10-6-12-18(21-17)16(15)11-7-13-22(19,20)14-8-4-3-5-9-14/h2-5,8-9,15-17H,1,6-7,10-13H2/t15-,16-,17+/m1/s1. The van der Waals surface area contributed by atoms with E-state index in [0.717, 1.165) is 25.8 Å². The summed E-state index contributed by atoms with van der Waals surface area (Å²) in [4.78, 5) is 6.30. The molecule has 2 bridgehead atoms. The van der Waals surface area contributed by atoms with Gasteiger partial charge in [0.1, 0.15) is 6.10 Å².